The van der Waals surface area contributed by atoms with Gasteiger partial charge in [0.15, 0.2) is 10.8 Å². The van der Waals surface area contributed by atoms with Crippen LogP contribution in [0.4, 0.5) is 18.3 Å². The molecule has 2 aromatic heterocycles. The maximum absolute atomic E-state index is 12.6. The quantitative estimate of drug-likeness (QED) is 0.793. The predicted octanol–water partition coefficient (Wildman–Crippen LogP) is 2.71. The molecule has 2 aliphatic rings. The van der Waals surface area contributed by atoms with Crippen molar-refractivity contribution in [3.05, 3.63) is 39.0 Å². The van der Waals surface area contributed by atoms with Crippen LogP contribution in [0.1, 0.15) is 29.1 Å². The van der Waals surface area contributed by atoms with Crippen LogP contribution >= 0.6 is 11.3 Å². The van der Waals surface area contributed by atoms with E-state index in [9.17, 15) is 18.0 Å². The van der Waals surface area contributed by atoms with Crippen molar-refractivity contribution in [1.82, 2.24) is 14.5 Å². The number of piperidine rings is 1. The number of hydrogen-bond donors (Lipinski definition) is 0. The van der Waals surface area contributed by atoms with Gasteiger partial charge in [0.1, 0.15) is 0 Å². The topological polar surface area (TPSA) is 60.2 Å². The molecule has 6 nitrogen and oxygen atoms in total. The van der Waals surface area contributed by atoms with Crippen molar-refractivity contribution >= 4 is 16.5 Å². The van der Waals surface area contributed by atoms with Crippen molar-refractivity contribution < 1.29 is 17.9 Å². The molecule has 0 atom stereocenters. The molecule has 4 heterocycles. The third-order valence-electron chi connectivity index (χ3n) is 4.99. The van der Waals surface area contributed by atoms with Gasteiger partial charge in [-0.15, -0.1) is 0 Å². The summed E-state index contributed by atoms with van der Waals surface area (Å²) in [6.45, 7) is 3.38. The highest BCUT2D eigenvalue weighted by Crippen LogP contribution is 2.32. The van der Waals surface area contributed by atoms with Crippen LogP contribution in [0.2, 0.25) is 0 Å². The fourth-order valence-electron chi connectivity index (χ4n) is 3.45. The summed E-state index contributed by atoms with van der Waals surface area (Å²) in [6, 6.07) is 0.567. The maximum atomic E-state index is 12.6. The molecule has 0 amide bonds. The standard InChI is InChI=1S/C17H19F3N4O2S/c18-17(19,20)14-7-15(25)24(10-21-14)8-11-1-4-23(5-2-11)16-22-12-3-6-26-9-13(12)27-16/h7,10-11H,1-6,8-9H2. The molecule has 4 rings (SSSR count). The van der Waals surface area contributed by atoms with E-state index in [4.69, 9.17) is 9.72 Å². The molecule has 10 heteroatoms. The van der Waals surface area contributed by atoms with Crippen LogP contribution in [0.3, 0.4) is 0 Å². The van der Waals surface area contributed by atoms with Crippen molar-refractivity contribution in [2.75, 3.05) is 24.6 Å². The van der Waals surface area contributed by atoms with Gasteiger partial charge in [0.05, 0.1) is 30.1 Å². The minimum absolute atomic E-state index is 0.232. The second-order valence-corrected chi connectivity index (χ2v) is 7.92. The summed E-state index contributed by atoms with van der Waals surface area (Å²) in [5.41, 5.74) is -0.673. The Balaban J connectivity index is 1.37. The molecule has 0 aliphatic carbocycles. The number of fused-ring (bicyclic) bond motifs is 1. The van der Waals surface area contributed by atoms with E-state index in [1.54, 1.807) is 11.3 Å². The summed E-state index contributed by atoms with van der Waals surface area (Å²) in [6.07, 6.45) is -1.03. The van der Waals surface area contributed by atoms with E-state index in [1.807, 2.05) is 0 Å². The van der Waals surface area contributed by atoms with Crippen molar-refractivity contribution in [2.24, 2.45) is 5.92 Å². The minimum atomic E-state index is -4.60. The van der Waals surface area contributed by atoms with Gasteiger partial charge in [0.25, 0.3) is 5.56 Å². The fraction of sp³-hybridized carbons (Fsp3) is 0.588. The van der Waals surface area contributed by atoms with Gasteiger partial charge in [-0.2, -0.15) is 13.2 Å². The van der Waals surface area contributed by atoms with Crippen molar-refractivity contribution in [3.63, 3.8) is 0 Å². The first-order chi connectivity index (χ1) is 12.9. The summed E-state index contributed by atoms with van der Waals surface area (Å²) in [5.74, 6) is 0.232. The molecule has 2 aliphatic heterocycles. The van der Waals surface area contributed by atoms with Gasteiger partial charge in [-0.1, -0.05) is 11.3 Å². The van der Waals surface area contributed by atoms with E-state index in [0.717, 1.165) is 49.5 Å². The van der Waals surface area contributed by atoms with Crippen molar-refractivity contribution in [1.29, 1.82) is 0 Å². The maximum Gasteiger partial charge on any atom is 0.433 e. The van der Waals surface area contributed by atoms with Gasteiger partial charge >= 0.3 is 6.18 Å². The first-order valence-corrected chi connectivity index (χ1v) is 9.67. The van der Waals surface area contributed by atoms with Gasteiger partial charge < -0.3 is 9.64 Å². The normalized spacial score (nSPS) is 18.6. The number of anilines is 1. The smallest absolute Gasteiger partial charge is 0.375 e. The highest BCUT2D eigenvalue weighted by molar-refractivity contribution is 7.15. The van der Waals surface area contributed by atoms with Crippen LogP contribution in [0.15, 0.2) is 17.2 Å². The number of aromatic nitrogens is 3. The van der Waals surface area contributed by atoms with Gasteiger partial charge in [0, 0.05) is 32.1 Å². The Morgan fingerprint density at radius 2 is 2.07 bits per heavy atom. The lowest BCUT2D eigenvalue weighted by molar-refractivity contribution is -0.141. The lowest BCUT2D eigenvalue weighted by atomic mass is 9.97. The Morgan fingerprint density at radius 1 is 1.30 bits per heavy atom. The van der Waals surface area contributed by atoms with Crippen molar-refractivity contribution in [2.45, 2.75) is 38.6 Å². The first kappa shape index (κ1) is 18.4. The van der Waals surface area contributed by atoms with Crippen molar-refractivity contribution in [3.8, 4) is 0 Å². The zero-order valence-corrected chi connectivity index (χ0v) is 15.4. The number of hydrogen-bond acceptors (Lipinski definition) is 6. The summed E-state index contributed by atoms with van der Waals surface area (Å²) < 4.78 is 44.6. The summed E-state index contributed by atoms with van der Waals surface area (Å²) in [4.78, 5) is 23.5. The highest BCUT2D eigenvalue weighted by Gasteiger charge is 2.33. The molecule has 27 heavy (non-hydrogen) atoms. The largest absolute Gasteiger partial charge is 0.433 e. The van der Waals surface area contributed by atoms with Gasteiger partial charge in [-0.3, -0.25) is 9.36 Å². The number of ether oxygens (including phenoxy) is 1. The Bertz CT molecular complexity index is 848. The molecule has 0 spiro atoms. The molecular weight excluding hydrogens is 381 g/mol. The van der Waals surface area contributed by atoms with Crippen LogP contribution in [-0.2, 0) is 30.5 Å². The molecule has 0 radical (unpaired) electrons. The van der Waals surface area contributed by atoms with Crippen LogP contribution in [0.25, 0.3) is 0 Å². The van der Waals surface area contributed by atoms with E-state index < -0.39 is 17.4 Å². The molecule has 2 aromatic rings. The van der Waals surface area contributed by atoms with Gasteiger partial charge in [-0.25, -0.2) is 9.97 Å². The number of nitrogens with zero attached hydrogens (tertiary/aromatic N) is 4. The van der Waals surface area contributed by atoms with Crippen LogP contribution in [0.5, 0.6) is 0 Å². The number of halogens is 3. The summed E-state index contributed by atoms with van der Waals surface area (Å²) >= 11 is 1.67. The van der Waals surface area contributed by atoms with E-state index in [0.29, 0.717) is 25.8 Å². The highest BCUT2D eigenvalue weighted by atomic mass is 32.1. The van der Waals surface area contributed by atoms with E-state index in [-0.39, 0.29) is 5.92 Å². The number of alkyl halides is 3. The monoisotopic (exact) mass is 400 g/mol. The molecule has 146 valence electrons. The molecular formula is C17H19F3N4O2S. The molecule has 0 N–H and O–H groups in total. The second kappa shape index (κ2) is 7.23. The minimum Gasteiger partial charge on any atom is -0.375 e. The SMILES string of the molecule is O=c1cc(C(F)(F)F)ncn1CC1CCN(c2nc3c(s2)COCC3)CC1. The molecule has 0 bridgehead atoms. The molecule has 0 unspecified atom stereocenters. The van der Waals surface area contributed by atoms with E-state index in [2.05, 4.69) is 9.88 Å². The Labute approximate surface area is 157 Å². The zero-order valence-electron chi connectivity index (χ0n) is 14.5. The molecule has 1 saturated heterocycles. The van der Waals surface area contributed by atoms with Crippen LogP contribution in [-0.4, -0.2) is 34.2 Å². The third-order valence-corrected chi connectivity index (χ3v) is 6.13. The number of rotatable bonds is 3. The Kier molecular flexibility index (Phi) is 4.94. The van der Waals surface area contributed by atoms with E-state index in [1.165, 1.54) is 9.44 Å². The third kappa shape index (κ3) is 4.01. The van der Waals surface area contributed by atoms with Crippen LogP contribution in [0, 0.1) is 5.92 Å². The average molecular weight is 400 g/mol. The molecule has 1 fully saturated rings. The Morgan fingerprint density at radius 3 is 2.74 bits per heavy atom. The fourth-order valence-corrected chi connectivity index (χ4v) is 4.55. The molecule has 0 aromatic carbocycles. The molecule has 0 saturated carbocycles. The van der Waals surface area contributed by atoms with Gasteiger partial charge in [0.2, 0.25) is 0 Å². The second-order valence-electron chi connectivity index (χ2n) is 6.86. The lowest BCUT2D eigenvalue weighted by Gasteiger charge is -2.32. The number of thiazole rings is 1. The summed E-state index contributed by atoms with van der Waals surface area (Å²) in [7, 11) is 0. The van der Waals surface area contributed by atoms with E-state index >= 15 is 0 Å². The lowest BCUT2D eigenvalue weighted by Crippen LogP contribution is -2.36. The summed E-state index contributed by atoms with van der Waals surface area (Å²) in [5, 5.41) is 1.01. The zero-order chi connectivity index (χ0) is 19.0. The average Bonchev–Trinajstić information content (AvgIpc) is 3.07. The van der Waals surface area contributed by atoms with Gasteiger partial charge in [-0.05, 0) is 18.8 Å². The first-order valence-electron chi connectivity index (χ1n) is 8.85. The van der Waals surface area contributed by atoms with Crippen LogP contribution < -0.4 is 10.5 Å². The predicted molar refractivity (Wildman–Crippen MR) is 93.9 cm³/mol. The Hall–Kier alpha value is -1.94.